The molecule has 2 aromatic carbocycles. The van der Waals surface area contributed by atoms with Crippen LogP contribution in [-0.2, 0) is 19.1 Å². The number of ether oxygens (including phenoxy) is 1. The van der Waals surface area contributed by atoms with Crippen molar-refractivity contribution in [1.82, 2.24) is 4.90 Å². The highest BCUT2D eigenvalue weighted by Gasteiger charge is 2.49. The number of carbonyl (C=O) groups excluding carboxylic acids is 3. The van der Waals surface area contributed by atoms with E-state index in [4.69, 9.17) is 5.73 Å². The van der Waals surface area contributed by atoms with Crippen LogP contribution in [0.25, 0.3) is 0 Å². The zero-order valence-electron chi connectivity index (χ0n) is 20.1. The Morgan fingerprint density at radius 1 is 1.22 bits per heavy atom. The van der Waals surface area contributed by atoms with Crippen molar-refractivity contribution in [3.63, 3.8) is 0 Å². The molecular formula is C26H22F2N4O4S. The largest absolute Gasteiger partial charge is 0.469 e. The molecule has 1 saturated heterocycles. The van der Waals surface area contributed by atoms with Gasteiger partial charge in [0, 0.05) is 11.3 Å². The van der Waals surface area contributed by atoms with E-state index < -0.39 is 46.1 Å². The molecule has 2 aliphatic rings. The van der Waals surface area contributed by atoms with Crippen LogP contribution in [0.2, 0.25) is 0 Å². The number of esters is 1. The lowest BCUT2D eigenvalue weighted by atomic mass is 9.82. The van der Waals surface area contributed by atoms with Gasteiger partial charge >= 0.3 is 5.97 Å². The molecule has 0 aromatic heterocycles. The summed E-state index contributed by atoms with van der Waals surface area (Å²) in [5, 5.41) is 11.7. The summed E-state index contributed by atoms with van der Waals surface area (Å²) >= 11 is 0.852. The first-order chi connectivity index (χ1) is 17.6. The number of benzene rings is 2. The summed E-state index contributed by atoms with van der Waals surface area (Å²) in [6.45, 7) is 3.66. The fourth-order valence-corrected chi connectivity index (χ4v) is 5.69. The van der Waals surface area contributed by atoms with Gasteiger partial charge in [0.25, 0.3) is 5.91 Å². The second-order valence-corrected chi connectivity index (χ2v) is 9.72. The second kappa shape index (κ2) is 10.1. The SMILES string of the molecule is COC(=O)C[C@H]1SC2=C(C(=O)Nc3ccc(C)cc3C)[C@@H](c3c(F)cccc3F)C(C#N)=C(N)N2C1=O. The van der Waals surface area contributed by atoms with Crippen molar-refractivity contribution in [3.05, 3.63) is 86.7 Å². The predicted molar refractivity (Wildman–Crippen MR) is 132 cm³/mol. The van der Waals surface area contributed by atoms with Gasteiger partial charge in [-0.2, -0.15) is 5.26 Å². The number of halogens is 2. The van der Waals surface area contributed by atoms with Gasteiger partial charge in [-0.05, 0) is 37.6 Å². The van der Waals surface area contributed by atoms with Crippen molar-refractivity contribution >= 4 is 35.2 Å². The van der Waals surface area contributed by atoms with Crippen molar-refractivity contribution in [2.75, 3.05) is 12.4 Å². The molecule has 0 unspecified atom stereocenters. The van der Waals surface area contributed by atoms with Gasteiger partial charge in [0.05, 0.1) is 41.7 Å². The van der Waals surface area contributed by atoms with E-state index in [2.05, 4.69) is 10.1 Å². The zero-order chi connectivity index (χ0) is 27.0. The number of rotatable bonds is 5. The predicted octanol–water partition coefficient (Wildman–Crippen LogP) is 3.73. The lowest BCUT2D eigenvalue weighted by Crippen LogP contribution is -2.39. The van der Waals surface area contributed by atoms with E-state index in [-0.39, 0.29) is 28.4 Å². The molecule has 0 spiro atoms. The summed E-state index contributed by atoms with van der Waals surface area (Å²) in [6, 6.07) is 10.3. The van der Waals surface area contributed by atoms with E-state index in [9.17, 15) is 19.6 Å². The average Bonchev–Trinajstić information content (AvgIpc) is 3.16. The molecule has 4 rings (SSSR count). The molecule has 37 heavy (non-hydrogen) atoms. The Kier molecular flexibility index (Phi) is 7.05. The van der Waals surface area contributed by atoms with Crippen LogP contribution in [0, 0.1) is 36.8 Å². The van der Waals surface area contributed by atoms with E-state index in [1.165, 1.54) is 7.11 Å². The maximum absolute atomic E-state index is 15.0. The number of hydrogen-bond donors (Lipinski definition) is 2. The standard InChI is InChI=1S/C26H22F2N4O4S/c1-12-7-8-17(13(2)9-12)31-24(34)22-20(21-15(27)5-4-6-16(21)28)14(11-29)23(30)32-25(35)18(37-26(22)32)10-19(33)36-3/h4-9,18,20H,10,30H2,1-3H3,(H,31,34)/t18-,20-/m1/s1. The minimum Gasteiger partial charge on any atom is -0.469 e. The first-order valence-corrected chi connectivity index (χ1v) is 12.0. The molecule has 0 radical (unpaired) electrons. The van der Waals surface area contributed by atoms with Gasteiger partial charge in [0.2, 0.25) is 5.91 Å². The van der Waals surface area contributed by atoms with Crippen LogP contribution in [0.15, 0.2) is 58.4 Å². The van der Waals surface area contributed by atoms with Gasteiger partial charge in [-0.1, -0.05) is 35.5 Å². The normalized spacial score (nSPS) is 19.0. The van der Waals surface area contributed by atoms with Gasteiger partial charge < -0.3 is 15.8 Å². The number of fused-ring (bicyclic) bond motifs is 1. The second-order valence-electron chi connectivity index (χ2n) is 8.53. The third-order valence-electron chi connectivity index (χ3n) is 6.14. The number of hydrogen-bond acceptors (Lipinski definition) is 7. The highest BCUT2D eigenvalue weighted by Crippen LogP contribution is 2.50. The molecule has 2 aliphatic heterocycles. The van der Waals surface area contributed by atoms with Crippen LogP contribution < -0.4 is 11.1 Å². The molecule has 3 N–H and O–H groups in total. The molecule has 8 nitrogen and oxygen atoms in total. The molecule has 190 valence electrons. The molecule has 2 heterocycles. The van der Waals surface area contributed by atoms with E-state index in [1.54, 1.807) is 19.1 Å². The molecule has 0 saturated carbocycles. The molecule has 1 fully saturated rings. The van der Waals surface area contributed by atoms with Crippen LogP contribution in [0.1, 0.15) is 29.0 Å². The number of nitriles is 1. The lowest BCUT2D eigenvalue weighted by molar-refractivity contribution is -0.142. The number of nitrogens with one attached hydrogen (secondary N) is 1. The number of nitrogens with zero attached hydrogens (tertiary/aromatic N) is 2. The Morgan fingerprint density at radius 2 is 1.89 bits per heavy atom. The summed E-state index contributed by atoms with van der Waals surface area (Å²) in [7, 11) is 1.17. The zero-order valence-corrected chi connectivity index (χ0v) is 20.9. The van der Waals surface area contributed by atoms with Crippen LogP contribution in [0.5, 0.6) is 0 Å². The number of anilines is 1. The summed E-state index contributed by atoms with van der Waals surface area (Å²) in [5.41, 5.74) is 7.16. The van der Waals surface area contributed by atoms with Crippen LogP contribution in [0.3, 0.4) is 0 Å². The van der Waals surface area contributed by atoms with Crippen molar-refractivity contribution in [2.24, 2.45) is 5.73 Å². The summed E-state index contributed by atoms with van der Waals surface area (Å²) < 4.78 is 34.8. The van der Waals surface area contributed by atoms with Gasteiger partial charge in [-0.3, -0.25) is 19.3 Å². The number of carbonyl (C=O) groups is 3. The molecule has 2 aromatic rings. The van der Waals surface area contributed by atoms with E-state index in [0.29, 0.717) is 5.69 Å². The Balaban J connectivity index is 1.93. The highest BCUT2D eigenvalue weighted by atomic mass is 32.2. The number of thioether (sulfide) groups is 1. The van der Waals surface area contributed by atoms with Crippen molar-refractivity contribution in [1.29, 1.82) is 5.26 Å². The Labute approximate surface area is 215 Å². The van der Waals surface area contributed by atoms with Crippen molar-refractivity contribution in [3.8, 4) is 6.07 Å². The van der Waals surface area contributed by atoms with E-state index >= 15 is 8.78 Å². The quantitative estimate of drug-likeness (QED) is 0.571. The number of nitrogens with two attached hydrogens (primary N) is 1. The van der Waals surface area contributed by atoms with Crippen molar-refractivity contribution in [2.45, 2.75) is 31.4 Å². The fraction of sp³-hybridized carbons (Fsp3) is 0.231. The van der Waals surface area contributed by atoms with Gasteiger partial charge in [-0.25, -0.2) is 8.78 Å². The lowest BCUT2D eigenvalue weighted by Gasteiger charge is -2.32. The van der Waals surface area contributed by atoms with Gasteiger partial charge in [0.15, 0.2) is 0 Å². The Hall–Kier alpha value is -4.17. The van der Waals surface area contributed by atoms with Gasteiger partial charge in [0.1, 0.15) is 22.7 Å². The third kappa shape index (κ3) is 4.56. The average molecular weight is 525 g/mol. The van der Waals surface area contributed by atoms with Crippen molar-refractivity contribution < 1.29 is 27.9 Å². The number of methoxy groups -OCH3 is 1. The number of amides is 2. The smallest absolute Gasteiger partial charge is 0.307 e. The summed E-state index contributed by atoms with van der Waals surface area (Å²) in [4.78, 5) is 39.9. The minimum atomic E-state index is -1.54. The van der Waals surface area contributed by atoms with Crippen LogP contribution in [0.4, 0.5) is 14.5 Å². The molecule has 2 atom stereocenters. The first-order valence-electron chi connectivity index (χ1n) is 11.1. The minimum absolute atomic E-state index is 0.00896. The van der Waals surface area contributed by atoms with E-state index in [0.717, 1.165) is 46.0 Å². The number of aryl methyl sites for hydroxylation is 2. The number of allylic oxidation sites excluding steroid dienone is 1. The Bertz CT molecular complexity index is 1430. The Morgan fingerprint density at radius 3 is 2.49 bits per heavy atom. The monoisotopic (exact) mass is 524 g/mol. The maximum atomic E-state index is 15.0. The summed E-state index contributed by atoms with van der Waals surface area (Å²) in [6.07, 6.45) is -0.333. The third-order valence-corrected chi connectivity index (χ3v) is 7.42. The molecule has 11 heteroatoms. The maximum Gasteiger partial charge on any atom is 0.307 e. The van der Waals surface area contributed by atoms with E-state index in [1.807, 2.05) is 19.1 Å². The summed E-state index contributed by atoms with van der Waals surface area (Å²) in [5.74, 6) is -5.99. The first kappa shape index (κ1) is 25.9. The molecule has 0 bridgehead atoms. The molecular weight excluding hydrogens is 502 g/mol. The van der Waals surface area contributed by atoms with Crippen LogP contribution >= 0.6 is 11.8 Å². The topological polar surface area (TPSA) is 126 Å². The van der Waals surface area contributed by atoms with Gasteiger partial charge in [-0.15, -0.1) is 0 Å². The highest BCUT2D eigenvalue weighted by molar-refractivity contribution is 8.04. The molecule has 0 aliphatic carbocycles. The fourth-order valence-electron chi connectivity index (χ4n) is 4.36. The van der Waals surface area contributed by atoms with Crippen LogP contribution in [-0.4, -0.2) is 35.0 Å². The molecule has 2 amide bonds.